The Kier molecular flexibility index (Phi) is 5.81. The van der Waals surface area contributed by atoms with Gasteiger partial charge in [-0.05, 0) is 35.2 Å². The molecular formula is C12H15BrN2O3S. The molecule has 0 fully saturated rings. The third-order valence-electron chi connectivity index (χ3n) is 2.79. The van der Waals surface area contributed by atoms with Gasteiger partial charge < -0.3 is 4.90 Å². The minimum absolute atomic E-state index is 0.0636. The number of nitro groups is 1. The summed E-state index contributed by atoms with van der Waals surface area (Å²) in [7, 11) is 1.70. The smallest absolute Gasteiger partial charge is 0.284 e. The molecular weight excluding hydrogens is 332 g/mol. The average molecular weight is 347 g/mol. The molecule has 0 aliphatic heterocycles. The van der Waals surface area contributed by atoms with Gasteiger partial charge in [-0.15, -0.1) is 0 Å². The molecule has 0 spiro atoms. The van der Waals surface area contributed by atoms with E-state index in [1.54, 1.807) is 29.8 Å². The van der Waals surface area contributed by atoms with Crippen molar-refractivity contribution in [3.63, 3.8) is 0 Å². The molecule has 1 atom stereocenters. The number of carbonyl (C=O) groups is 1. The van der Waals surface area contributed by atoms with Crippen LogP contribution in [0.15, 0.2) is 22.7 Å². The fourth-order valence-electron chi connectivity index (χ4n) is 1.57. The number of hydrogen-bond donors (Lipinski definition) is 0. The van der Waals surface area contributed by atoms with Crippen LogP contribution in [0, 0.1) is 10.1 Å². The van der Waals surface area contributed by atoms with Crippen molar-refractivity contribution in [1.29, 1.82) is 0 Å². The highest BCUT2D eigenvalue weighted by molar-refractivity contribution is 9.10. The second kappa shape index (κ2) is 6.91. The van der Waals surface area contributed by atoms with Crippen LogP contribution in [0.3, 0.4) is 0 Å². The first-order chi connectivity index (χ1) is 8.90. The van der Waals surface area contributed by atoms with Gasteiger partial charge in [0.25, 0.3) is 11.6 Å². The zero-order valence-corrected chi connectivity index (χ0v) is 13.3. The van der Waals surface area contributed by atoms with Crippen LogP contribution in [-0.2, 0) is 0 Å². The number of halogens is 1. The van der Waals surface area contributed by atoms with Crippen molar-refractivity contribution in [3.05, 3.63) is 38.3 Å². The highest BCUT2D eigenvalue weighted by atomic mass is 79.9. The van der Waals surface area contributed by atoms with Crippen molar-refractivity contribution >= 4 is 39.3 Å². The normalized spacial score (nSPS) is 12.0. The predicted molar refractivity (Wildman–Crippen MR) is 80.7 cm³/mol. The number of thioether (sulfide) groups is 1. The fraction of sp³-hybridized carbons (Fsp3) is 0.417. The third-order valence-corrected chi connectivity index (χ3v) is 4.44. The Balaban J connectivity index is 3.06. The van der Waals surface area contributed by atoms with E-state index in [1.165, 1.54) is 12.1 Å². The second-order valence-corrected chi connectivity index (χ2v) is 5.82. The van der Waals surface area contributed by atoms with E-state index in [2.05, 4.69) is 15.9 Å². The summed E-state index contributed by atoms with van der Waals surface area (Å²) < 4.78 is 0.230. The Morgan fingerprint density at radius 1 is 1.58 bits per heavy atom. The van der Waals surface area contributed by atoms with E-state index in [0.29, 0.717) is 5.56 Å². The Morgan fingerprint density at radius 2 is 2.21 bits per heavy atom. The van der Waals surface area contributed by atoms with Gasteiger partial charge in [-0.3, -0.25) is 14.9 Å². The van der Waals surface area contributed by atoms with E-state index in [-0.39, 0.29) is 22.1 Å². The first kappa shape index (κ1) is 16.0. The zero-order chi connectivity index (χ0) is 14.6. The molecule has 1 amide bonds. The lowest BCUT2D eigenvalue weighted by molar-refractivity contribution is -0.385. The van der Waals surface area contributed by atoms with Crippen molar-refractivity contribution in [3.8, 4) is 0 Å². The van der Waals surface area contributed by atoms with Gasteiger partial charge in [0.2, 0.25) is 0 Å². The molecule has 0 N–H and O–H groups in total. The first-order valence-electron chi connectivity index (χ1n) is 5.59. The van der Waals surface area contributed by atoms with Gasteiger partial charge in [-0.2, -0.15) is 11.8 Å². The Labute approximate surface area is 124 Å². The molecule has 19 heavy (non-hydrogen) atoms. The monoisotopic (exact) mass is 346 g/mol. The largest absolute Gasteiger partial charge is 0.338 e. The average Bonchev–Trinajstić information content (AvgIpc) is 2.37. The lowest BCUT2D eigenvalue weighted by Gasteiger charge is -2.24. The van der Waals surface area contributed by atoms with E-state index in [9.17, 15) is 14.9 Å². The molecule has 0 heterocycles. The number of nitro benzene ring substituents is 1. The first-order valence-corrected chi connectivity index (χ1v) is 7.77. The maximum atomic E-state index is 12.3. The van der Waals surface area contributed by atoms with Crippen molar-refractivity contribution in [1.82, 2.24) is 4.90 Å². The molecule has 104 valence electrons. The highest BCUT2D eigenvalue weighted by Gasteiger charge is 2.23. The van der Waals surface area contributed by atoms with Gasteiger partial charge in [0.05, 0.1) is 10.5 Å². The summed E-state index contributed by atoms with van der Waals surface area (Å²) >= 11 is 4.79. The maximum Gasteiger partial charge on any atom is 0.284 e. The van der Waals surface area contributed by atoms with E-state index in [1.807, 2.05) is 13.2 Å². The van der Waals surface area contributed by atoms with E-state index in [4.69, 9.17) is 0 Å². The molecule has 1 aromatic rings. The van der Waals surface area contributed by atoms with E-state index < -0.39 is 4.92 Å². The van der Waals surface area contributed by atoms with Crippen molar-refractivity contribution in [2.45, 2.75) is 13.0 Å². The molecule has 0 aromatic heterocycles. The molecule has 5 nitrogen and oxygen atoms in total. The number of rotatable bonds is 5. The van der Waals surface area contributed by atoms with Crippen LogP contribution < -0.4 is 0 Å². The predicted octanol–water partition coefficient (Wildman–Crippen LogP) is 3.18. The van der Waals surface area contributed by atoms with Crippen LogP contribution in [0.25, 0.3) is 0 Å². The summed E-state index contributed by atoms with van der Waals surface area (Å²) in [5.41, 5.74) is 0.210. The SMILES string of the molecule is CSCC(C)N(C)C(=O)c1cccc([N+](=O)[O-])c1Br. The molecule has 0 radical (unpaired) electrons. The van der Waals surface area contributed by atoms with Gasteiger partial charge in [-0.25, -0.2) is 0 Å². The second-order valence-electron chi connectivity index (χ2n) is 4.12. The van der Waals surface area contributed by atoms with Crippen LogP contribution >= 0.6 is 27.7 Å². The van der Waals surface area contributed by atoms with Gasteiger partial charge >= 0.3 is 0 Å². The molecule has 0 saturated carbocycles. The van der Waals surface area contributed by atoms with E-state index >= 15 is 0 Å². The van der Waals surface area contributed by atoms with Crippen LogP contribution in [0.4, 0.5) is 5.69 Å². The molecule has 0 aliphatic rings. The summed E-state index contributed by atoms with van der Waals surface area (Å²) in [4.78, 5) is 24.3. The van der Waals surface area contributed by atoms with Crippen LogP contribution in [0.2, 0.25) is 0 Å². The van der Waals surface area contributed by atoms with Gasteiger partial charge in [-0.1, -0.05) is 6.07 Å². The summed E-state index contributed by atoms with van der Waals surface area (Å²) in [5.74, 6) is 0.589. The summed E-state index contributed by atoms with van der Waals surface area (Å²) in [6.45, 7) is 1.94. The molecule has 0 bridgehead atoms. The molecule has 0 saturated heterocycles. The molecule has 1 rings (SSSR count). The molecule has 1 unspecified atom stereocenters. The summed E-state index contributed by atoms with van der Waals surface area (Å²) in [6.07, 6.45) is 1.97. The standard InChI is InChI=1S/C12H15BrN2O3S/c1-8(7-19-3)14(2)12(16)9-5-4-6-10(11(9)13)15(17)18/h4-6,8H,7H2,1-3H3. The van der Waals surface area contributed by atoms with E-state index in [0.717, 1.165) is 5.75 Å². The van der Waals surface area contributed by atoms with Gasteiger partial charge in [0.1, 0.15) is 4.47 Å². The summed E-state index contributed by atoms with van der Waals surface area (Å²) in [5, 5.41) is 10.9. The fourth-order valence-corrected chi connectivity index (χ4v) is 2.85. The minimum atomic E-state index is -0.508. The highest BCUT2D eigenvalue weighted by Crippen LogP contribution is 2.29. The molecule has 7 heteroatoms. The quantitative estimate of drug-likeness (QED) is 0.606. The Hall–Kier alpha value is -1.08. The zero-order valence-electron chi connectivity index (χ0n) is 10.9. The van der Waals surface area contributed by atoms with Gasteiger partial charge in [0.15, 0.2) is 0 Å². The van der Waals surface area contributed by atoms with Crippen LogP contribution in [0.1, 0.15) is 17.3 Å². The lowest BCUT2D eigenvalue weighted by atomic mass is 10.1. The number of nitrogens with zero attached hydrogens (tertiary/aromatic N) is 2. The molecule has 1 aromatic carbocycles. The van der Waals surface area contributed by atoms with Gasteiger partial charge in [0, 0.05) is 24.9 Å². The van der Waals surface area contributed by atoms with Crippen molar-refractivity contribution in [2.75, 3.05) is 19.1 Å². The third kappa shape index (κ3) is 3.70. The summed E-state index contributed by atoms with van der Waals surface area (Å²) in [6, 6.07) is 4.53. The number of carbonyl (C=O) groups excluding carboxylic acids is 1. The van der Waals surface area contributed by atoms with Crippen LogP contribution in [0.5, 0.6) is 0 Å². The topological polar surface area (TPSA) is 63.5 Å². The number of benzene rings is 1. The maximum absolute atomic E-state index is 12.3. The Morgan fingerprint density at radius 3 is 2.74 bits per heavy atom. The van der Waals surface area contributed by atoms with Crippen molar-refractivity contribution in [2.24, 2.45) is 0 Å². The lowest BCUT2D eigenvalue weighted by Crippen LogP contribution is -2.36. The number of hydrogen-bond acceptors (Lipinski definition) is 4. The minimum Gasteiger partial charge on any atom is -0.338 e. The Bertz CT molecular complexity index is 496. The van der Waals surface area contributed by atoms with Crippen LogP contribution in [-0.4, -0.2) is 40.8 Å². The molecule has 0 aliphatic carbocycles. The van der Waals surface area contributed by atoms with Crippen molar-refractivity contribution < 1.29 is 9.72 Å². The number of amides is 1.